The van der Waals surface area contributed by atoms with Crippen LogP contribution in [0.1, 0.15) is 24.8 Å². The third-order valence-electron chi connectivity index (χ3n) is 5.96. The second kappa shape index (κ2) is 6.33. The van der Waals surface area contributed by atoms with E-state index in [1.807, 2.05) is 24.4 Å². The van der Waals surface area contributed by atoms with Gasteiger partial charge in [-0.25, -0.2) is 9.97 Å². The molecular weight excluding hydrogens is 340 g/mol. The normalized spacial score (nSPS) is 20.7. The molecule has 0 radical (unpaired) electrons. The van der Waals surface area contributed by atoms with E-state index < -0.39 is 0 Å². The molecule has 1 unspecified atom stereocenters. The maximum absolute atomic E-state index is 12.9. The summed E-state index contributed by atoms with van der Waals surface area (Å²) >= 11 is 0. The number of nitrogens with one attached hydrogen (secondary N) is 2. The highest BCUT2D eigenvalue weighted by Crippen LogP contribution is 2.56. The molecule has 7 nitrogen and oxygen atoms in total. The van der Waals surface area contributed by atoms with Crippen LogP contribution in [0.15, 0.2) is 43.1 Å². The number of pyridine rings is 1. The van der Waals surface area contributed by atoms with Gasteiger partial charge >= 0.3 is 0 Å². The van der Waals surface area contributed by atoms with Crippen molar-refractivity contribution < 1.29 is 4.79 Å². The quantitative estimate of drug-likeness (QED) is 0.743. The van der Waals surface area contributed by atoms with Crippen molar-refractivity contribution >= 4 is 22.8 Å². The van der Waals surface area contributed by atoms with Gasteiger partial charge in [0.25, 0.3) is 0 Å². The zero-order valence-corrected chi connectivity index (χ0v) is 15.1. The molecule has 2 fully saturated rings. The number of nitrogens with zero attached hydrogens (tertiary/aromatic N) is 4. The lowest BCUT2D eigenvalue weighted by molar-refractivity contribution is -0.128. The number of anilines is 1. The third kappa shape index (κ3) is 2.93. The molecule has 1 aliphatic heterocycles. The molecule has 1 saturated carbocycles. The van der Waals surface area contributed by atoms with Crippen LogP contribution in [0.25, 0.3) is 11.0 Å². The van der Waals surface area contributed by atoms with Crippen molar-refractivity contribution in [2.45, 2.75) is 25.8 Å². The maximum Gasteiger partial charge on any atom is 0.224 e. The van der Waals surface area contributed by atoms with Crippen molar-refractivity contribution in [1.82, 2.24) is 25.3 Å². The Morgan fingerprint density at radius 2 is 2.26 bits per heavy atom. The number of amides is 1. The Balaban J connectivity index is 1.30. The SMILES string of the molecule is O=C(NCc1cccnc1)C1CCN(c2ncnc3[nH]ccc23)CC12CC2. The van der Waals surface area contributed by atoms with Crippen LogP contribution in [0, 0.1) is 11.3 Å². The number of fused-ring (bicyclic) bond motifs is 1. The largest absolute Gasteiger partial charge is 0.355 e. The molecule has 3 aromatic rings. The Labute approximate surface area is 157 Å². The van der Waals surface area contributed by atoms with Gasteiger partial charge < -0.3 is 15.2 Å². The molecule has 0 bridgehead atoms. The van der Waals surface area contributed by atoms with E-state index in [1.165, 1.54) is 0 Å². The molecule has 0 aromatic carbocycles. The minimum atomic E-state index is 0.0778. The van der Waals surface area contributed by atoms with E-state index in [0.717, 1.165) is 54.8 Å². The first-order chi connectivity index (χ1) is 13.3. The van der Waals surface area contributed by atoms with Crippen LogP contribution in [-0.4, -0.2) is 38.9 Å². The number of aromatic nitrogens is 4. The van der Waals surface area contributed by atoms with Gasteiger partial charge in [0.1, 0.15) is 17.8 Å². The molecule has 1 amide bonds. The fourth-order valence-electron chi connectivity index (χ4n) is 4.34. The van der Waals surface area contributed by atoms with Gasteiger partial charge in [-0.2, -0.15) is 0 Å². The molecule has 1 saturated heterocycles. The molecule has 3 aromatic heterocycles. The summed E-state index contributed by atoms with van der Waals surface area (Å²) in [7, 11) is 0. The molecule has 7 heteroatoms. The first-order valence-electron chi connectivity index (χ1n) is 9.45. The molecule has 1 spiro atoms. The van der Waals surface area contributed by atoms with Crippen LogP contribution >= 0.6 is 0 Å². The second-order valence-electron chi connectivity index (χ2n) is 7.64. The minimum absolute atomic E-state index is 0.0778. The zero-order valence-electron chi connectivity index (χ0n) is 15.1. The number of carbonyl (C=O) groups excluding carboxylic acids is 1. The lowest BCUT2D eigenvalue weighted by Crippen LogP contribution is -2.48. The Bertz CT molecular complexity index is 965. The van der Waals surface area contributed by atoms with Crippen LogP contribution in [0.3, 0.4) is 0 Å². The van der Waals surface area contributed by atoms with E-state index in [1.54, 1.807) is 18.7 Å². The molecule has 1 atom stereocenters. The predicted octanol–water partition coefficient (Wildman–Crippen LogP) is 2.28. The van der Waals surface area contributed by atoms with Crippen LogP contribution < -0.4 is 10.2 Å². The van der Waals surface area contributed by atoms with E-state index in [9.17, 15) is 4.79 Å². The third-order valence-corrected chi connectivity index (χ3v) is 5.96. The minimum Gasteiger partial charge on any atom is -0.355 e. The van der Waals surface area contributed by atoms with Crippen molar-refractivity contribution in [3.63, 3.8) is 0 Å². The number of hydrogen-bond donors (Lipinski definition) is 2. The molecule has 2 N–H and O–H groups in total. The van der Waals surface area contributed by atoms with Crippen molar-refractivity contribution in [3.05, 3.63) is 48.7 Å². The van der Waals surface area contributed by atoms with Crippen molar-refractivity contribution in [1.29, 1.82) is 0 Å². The summed E-state index contributed by atoms with van der Waals surface area (Å²) in [6.45, 7) is 2.26. The van der Waals surface area contributed by atoms with Crippen LogP contribution in [0.2, 0.25) is 0 Å². The van der Waals surface area contributed by atoms with Crippen LogP contribution in [0.5, 0.6) is 0 Å². The van der Waals surface area contributed by atoms with Gasteiger partial charge in [-0.15, -0.1) is 0 Å². The smallest absolute Gasteiger partial charge is 0.224 e. The Morgan fingerprint density at radius 1 is 1.33 bits per heavy atom. The first kappa shape index (κ1) is 16.2. The van der Waals surface area contributed by atoms with Gasteiger partial charge in [0.2, 0.25) is 5.91 Å². The zero-order chi connectivity index (χ0) is 18.3. The number of carbonyl (C=O) groups is 1. The van der Waals surface area contributed by atoms with Crippen molar-refractivity contribution in [2.24, 2.45) is 11.3 Å². The van der Waals surface area contributed by atoms with E-state index in [-0.39, 0.29) is 17.2 Å². The van der Waals surface area contributed by atoms with Crippen molar-refractivity contribution in [3.8, 4) is 0 Å². The summed E-state index contributed by atoms with van der Waals surface area (Å²) in [6, 6.07) is 5.91. The Kier molecular flexibility index (Phi) is 3.81. The van der Waals surface area contributed by atoms with E-state index in [2.05, 4.69) is 30.2 Å². The van der Waals surface area contributed by atoms with E-state index >= 15 is 0 Å². The highest BCUT2D eigenvalue weighted by Gasteiger charge is 2.55. The van der Waals surface area contributed by atoms with Crippen molar-refractivity contribution in [2.75, 3.05) is 18.0 Å². The molecule has 138 valence electrons. The summed E-state index contributed by atoms with van der Waals surface area (Å²) < 4.78 is 0. The van der Waals surface area contributed by atoms with E-state index in [4.69, 9.17) is 0 Å². The average molecular weight is 362 g/mol. The van der Waals surface area contributed by atoms with Crippen LogP contribution in [0.4, 0.5) is 5.82 Å². The standard InChI is InChI=1S/C20H22N6O/c27-19(23-11-14-2-1-7-21-10-14)16-4-9-26(12-20(16)5-6-20)18-15-3-8-22-17(15)24-13-25-18/h1-3,7-8,10,13,16H,4-6,9,11-12H2,(H,23,27)(H,22,24,25). The molecular formula is C20H22N6O. The molecule has 5 rings (SSSR count). The summed E-state index contributed by atoms with van der Waals surface area (Å²) in [4.78, 5) is 31.3. The number of piperidine rings is 1. The van der Waals surface area contributed by atoms with Crippen LogP contribution in [-0.2, 0) is 11.3 Å². The van der Waals surface area contributed by atoms with Gasteiger partial charge in [-0.05, 0) is 42.4 Å². The molecule has 4 heterocycles. The summed E-state index contributed by atoms with van der Waals surface area (Å²) in [5.74, 6) is 1.22. The number of H-pyrrole nitrogens is 1. The lowest BCUT2D eigenvalue weighted by Gasteiger charge is -2.39. The van der Waals surface area contributed by atoms with Gasteiger partial charge in [0.05, 0.1) is 5.39 Å². The van der Waals surface area contributed by atoms with Gasteiger partial charge in [0, 0.05) is 44.1 Å². The monoisotopic (exact) mass is 362 g/mol. The highest BCUT2D eigenvalue weighted by atomic mass is 16.1. The average Bonchev–Trinajstić information content (AvgIpc) is 3.28. The first-order valence-corrected chi connectivity index (χ1v) is 9.45. The number of aromatic amines is 1. The second-order valence-corrected chi connectivity index (χ2v) is 7.64. The van der Waals surface area contributed by atoms with E-state index in [0.29, 0.717) is 6.54 Å². The van der Waals surface area contributed by atoms with Gasteiger partial charge in [-0.1, -0.05) is 6.07 Å². The summed E-state index contributed by atoms with van der Waals surface area (Å²) in [5, 5.41) is 4.17. The van der Waals surface area contributed by atoms with Gasteiger partial charge in [0.15, 0.2) is 0 Å². The molecule has 2 aliphatic rings. The fraction of sp³-hybridized carbons (Fsp3) is 0.400. The number of rotatable bonds is 4. The predicted molar refractivity (Wildman–Crippen MR) is 102 cm³/mol. The fourth-order valence-corrected chi connectivity index (χ4v) is 4.34. The number of hydrogen-bond acceptors (Lipinski definition) is 5. The maximum atomic E-state index is 12.9. The Hall–Kier alpha value is -2.96. The molecule has 27 heavy (non-hydrogen) atoms. The summed E-state index contributed by atoms with van der Waals surface area (Å²) in [5.41, 5.74) is 1.98. The topological polar surface area (TPSA) is 86.8 Å². The lowest BCUT2D eigenvalue weighted by atomic mass is 9.81. The highest BCUT2D eigenvalue weighted by molar-refractivity contribution is 5.87. The Morgan fingerprint density at radius 3 is 3.07 bits per heavy atom. The summed E-state index contributed by atoms with van der Waals surface area (Å²) in [6.07, 6.45) is 10.1. The van der Waals surface area contributed by atoms with Gasteiger partial charge in [-0.3, -0.25) is 9.78 Å². The molecule has 1 aliphatic carbocycles.